The van der Waals surface area contributed by atoms with Crippen LogP contribution >= 0.6 is 0 Å². The van der Waals surface area contributed by atoms with Crippen molar-refractivity contribution in [2.45, 2.75) is 38.3 Å². The Morgan fingerprint density at radius 1 is 1.42 bits per heavy atom. The van der Waals surface area contributed by atoms with Gasteiger partial charge in [0.1, 0.15) is 5.82 Å². The van der Waals surface area contributed by atoms with Crippen LogP contribution in [0.2, 0.25) is 0 Å². The summed E-state index contributed by atoms with van der Waals surface area (Å²) >= 11 is 0. The fraction of sp³-hybridized carbons (Fsp3) is 0.583. The summed E-state index contributed by atoms with van der Waals surface area (Å²) < 4.78 is 0. The SMILES string of the molecule is O=C(NCc1ncc[nH]1)NC1CCCCC1C(=O)O. The number of amides is 2. The van der Waals surface area contributed by atoms with E-state index in [1.165, 1.54) is 0 Å². The molecule has 1 aromatic heterocycles. The number of rotatable bonds is 4. The van der Waals surface area contributed by atoms with E-state index in [1.807, 2.05) is 0 Å². The number of carbonyl (C=O) groups is 2. The Morgan fingerprint density at radius 3 is 2.89 bits per heavy atom. The number of carbonyl (C=O) groups excluding carboxylic acids is 1. The van der Waals surface area contributed by atoms with Gasteiger partial charge in [0.25, 0.3) is 0 Å². The molecule has 2 unspecified atom stereocenters. The second-order valence-corrected chi connectivity index (χ2v) is 4.70. The second kappa shape index (κ2) is 6.21. The zero-order valence-electron chi connectivity index (χ0n) is 10.6. The lowest BCUT2D eigenvalue weighted by Gasteiger charge is -2.29. The van der Waals surface area contributed by atoms with Gasteiger partial charge in [0, 0.05) is 18.4 Å². The summed E-state index contributed by atoms with van der Waals surface area (Å²) in [5.74, 6) is -0.660. The fourth-order valence-corrected chi connectivity index (χ4v) is 2.38. The number of hydrogen-bond acceptors (Lipinski definition) is 3. The molecule has 0 saturated heterocycles. The molecule has 1 aliphatic carbocycles. The molecule has 7 heteroatoms. The van der Waals surface area contributed by atoms with E-state index in [-0.39, 0.29) is 12.1 Å². The van der Waals surface area contributed by atoms with Crippen molar-refractivity contribution in [3.8, 4) is 0 Å². The number of aliphatic carboxylic acids is 1. The van der Waals surface area contributed by atoms with Gasteiger partial charge in [0.15, 0.2) is 0 Å². The van der Waals surface area contributed by atoms with E-state index in [9.17, 15) is 9.59 Å². The number of urea groups is 1. The van der Waals surface area contributed by atoms with E-state index in [0.29, 0.717) is 25.2 Å². The molecular weight excluding hydrogens is 248 g/mol. The molecule has 1 aromatic rings. The highest BCUT2D eigenvalue weighted by atomic mass is 16.4. The van der Waals surface area contributed by atoms with Crippen molar-refractivity contribution in [1.82, 2.24) is 20.6 Å². The van der Waals surface area contributed by atoms with E-state index in [4.69, 9.17) is 5.11 Å². The van der Waals surface area contributed by atoms with Crippen molar-refractivity contribution in [2.75, 3.05) is 0 Å². The number of aromatic nitrogens is 2. The van der Waals surface area contributed by atoms with Crippen LogP contribution in [-0.4, -0.2) is 33.1 Å². The third-order valence-electron chi connectivity index (χ3n) is 3.37. The summed E-state index contributed by atoms with van der Waals surface area (Å²) in [4.78, 5) is 29.7. The molecule has 1 aliphatic rings. The van der Waals surface area contributed by atoms with E-state index in [0.717, 1.165) is 12.8 Å². The number of nitrogens with zero attached hydrogens (tertiary/aromatic N) is 1. The Balaban J connectivity index is 1.81. The third kappa shape index (κ3) is 3.70. The molecule has 0 aliphatic heterocycles. The van der Waals surface area contributed by atoms with Crippen molar-refractivity contribution >= 4 is 12.0 Å². The number of carboxylic acids is 1. The van der Waals surface area contributed by atoms with Crippen molar-refractivity contribution in [3.63, 3.8) is 0 Å². The Kier molecular flexibility index (Phi) is 4.38. The Bertz CT molecular complexity index is 432. The maximum absolute atomic E-state index is 11.7. The largest absolute Gasteiger partial charge is 0.481 e. The van der Waals surface area contributed by atoms with E-state index < -0.39 is 11.9 Å². The molecule has 4 N–H and O–H groups in total. The van der Waals surface area contributed by atoms with Crippen molar-refractivity contribution in [3.05, 3.63) is 18.2 Å². The van der Waals surface area contributed by atoms with Gasteiger partial charge in [-0.2, -0.15) is 0 Å². The van der Waals surface area contributed by atoms with Crippen LogP contribution in [0.3, 0.4) is 0 Å². The Morgan fingerprint density at radius 2 is 2.21 bits per heavy atom. The molecule has 0 spiro atoms. The predicted molar refractivity (Wildman–Crippen MR) is 67.3 cm³/mol. The number of carboxylic acid groups (broad SMARTS) is 1. The van der Waals surface area contributed by atoms with Gasteiger partial charge < -0.3 is 20.7 Å². The van der Waals surface area contributed by atoms with Crippen molar-refractivity contribution < 1.29 is 14.7 Å². The first-order valence-corrected chi connectivity index (χ1v) is 6.42. The van der Waals surface area contributed by atoms with Gasteiger partial charge in [-0.1, -0.05) is 12.8 Å². The zero-order valence-corrected chi connectivity index (χ0v) is 10.6. The van der Waals surface area contributed by atoms with E-state index >= 15 is 0 Å². The lowest BCUT2D eigenvalue weighted by molar-refractivity contribution is -0.143. The maximum atomic E-state index is 11.7. The first-order chi connectivity index (χ1) is 9.16. The number of nitrogens with one attached hydrogen (secondary N) is 3. The standard InChI is InChI=1S/C12H18N4O3/c17-11(18)8-3-1-2-4-9(8)16-12(19)15-7-10-13-5-6-14-10/h5-6,8-9H,1-4,7H2,(H,13,14)(H,17,18)(H2,15,16,19). The minimum absolute atomic E-state index is 0.289. The molecule has 0 aromatic carbocycles. The summed E-state index contributed by atoms with van der Waals surface area (Å²) in [6.45, 7) is 0.295. The smallest absolute Gasteiger partial charge is 0.315 e. The van der Waals surface area contributed by atoms with Gasteiger partial charge in [0.2, 0.25) is 0 Å². The molecular formula is C12H18N4O3. The predicted octanol–water partition coefficient (Wildman–Crippen LogP) is 0.852. The summed E-state index contributed by atoms with van der Waals surface area (Å²) in [5.41, 5.74) is 0. The number of aromatic amines is 1. The zero-order chi connectivity index (χ0) is 13.7. The topological polar surface area (TPSA) is 107 Å². The van der Waals surface area contributed by atoms with Crippen LogP contribution in [-0.2, 0) is 11.3 Å². The van der Waals surface area contributed by atoms with Gasteiger partial charge in [-0.15, -0.1) is 0 Å². The van der Waals surface area contributed by atoms with Crippen LogP contribution in [0.4, 0.5) is 4.79 Å². The summed E-state index contributed by atoms with van der Waals surface area (Å²) in [6.07, 6.45) is 6.48. The second-order valence-electron chi connectivity index (χ2n) is 4.70. The molecule has 2 rings (SSSR count). The number of H-pyrrole nitrogens is 1. The highest BCUT2D eigenvalue weighted by molar-refractivity contribution is 5.76. The molecule has 19 heavy (non-hydrogen) atoms. The van der Waals surface area contributed by atoms with Gasteiger partial charge in [0.05, 0.1) is 12.5 Å². The molecule has 0 bridgehead atoms. The first-order valence-electron chi connectivity index (χ1n) is 6.42. The Hall–Kier alpha value is -2.05. The lowest BCUT2D eigenvalue weighted by atomic mass is 9.84. The minimum Gasteiger partial charge on any atom is -0.481 e. The monoisotopic (exact) mass is 266 g/mol. The van der Waals surface area contributed by atoms with Crippen molar-refractivity contribution in [1.29, 1.82) is 0 Å². The molecule has 1 saturated carbocycles. The fourth-order valence-electron chi connectivity index (χ4n) is 2.38. The van der Waals surface area contributed by atoms with E-state index in [2.05, 4.69) is 20.6 Å². The molecule has 2 atom stereocenters. The van der Waals surface area contributed by atoms with Crippen molar-refractivity contribution in [2.24, 2.45) is 5.92 Å². The average Bonchev–Trinajstić information content (AvgIpc) is 2.90. The quantitative estimate of drug-likeness (QED) is 0.648. The number of imidazole rings is 1. The highest BCUT2D eigenvalue weighted by Gasteiger charge is 2.31. The highest BCUT2D eigenvalue weighted by Crippen LogP contribution is 2.24. The third-order valence-corrected chi connectivity index (χ3v) is 3.37. The first kappa shape index (κ1) is 13.4. The lowest BCUT2D eigenvalue weighted by Crippen LogP contribution is -2.48. The molecule has 1 fully saturated rings. The molecule has 7 nitrogen and oxygen atoms in total. The Labute approximate surface area is 110 Å². The molecule has 0 radical (unpaired) electrons. The van der Waals surface area contributed by atoms with Crippen LogP contribution in [0.1, 0.15) is 31.5 Å². The van der Waals surface area contributed by atoms with Gasteiger partial charge in [-0.3, -0.25) is 4.79 Å². The maximum Gasteiger partial charge on any atom is 0.315 e. The molecule has 2 amide bonds. The number of hydrogen-bond donors (Lipinski definition) is 4. The van der Waals surface area contributed by atoms with Crippen LogP contribution in [0.15, 0.2) is 12.4 Å². The minimum atomic E-state index is -0.837. The van der Waals surface area contributed by atoms with Crippen LogP contribution in [0.25, 0.3) is 0 Å². The average molecular weight is 266 g/mol. The summed E-state index contributed by atoms with van der Waals surface area (Å²) in [7, 11) is 0. The van der Waals surface area contributed by atoms with E-state index in [1.54, 1.807) is 12.4 Å². The van der Waals surface area contributed by atoms with Crippen LogP contribution in [0.5, 0.6) is 0 Å². The van der Waals surface area contributed by atoms with Crippen LogP contribution in [0, 0.1) is 5.92 Å². The summed E-state index contributed by atoms with van der Waals surface area (Å²) in [5, 5.41) is 14.5. The van der Waals surface area contributed by atoms with Gasteiger partial charge in [-0.05, 0) is 12.8 Å². The van der Waals surface area contributed by atoms with Crippen LogP contribution < -0.4 is 10.6 Å². The molecule has 104 valence electrons. The van der Waals surface area contributed by atoms with Gasteiger partial charge >= 0.3 is 12.0 Å². The van der Waals surface area contributed by atoms with Gasteiger partial charge in [-0.25, -0.2) is 9.78 Å². The molecule has 1 heterocycles. The normalized spacial score (nSPS) is 22.7. The summed E-state index contributed by atoms with van der Waals surface area (Å²) in [6, 6.07) is -0.641.